The molecule has 34 heavy (non-hydrogen) atoms. The van der Waals surface area contributed by atoms with Crippen LogP contribution in [0.5, 0.6) is 11.5 Å². The Morgan fingerprint density at radius 1 is 1.00 bits per heavy atom. The summed E-state index contributed by atoms with van der Waals surface area (Å²) >= 11 is 0. The molecule has 0 saturated carbocycles. The molecule has 2 aliphatic heterocycles. The van der Waals surface area contributed by atoms with Gasteiger partial charge >= 0.3 is 5.97 Å². The van der Waals surface area contributed by atoms with Crippen LogP contribution in [0, 0.1) is 0 Å². The first kappa shape index (κ1) is 24.3. The molecule has 0 spiro atoms. The van der Waals surface area contributed by atoms with Gasteiger partial charge in [0.25, 0.3) is 0 Å². The van der Waals surface area contributed by atoms with Crippen LogP contribution in [0.1, 0.15) is 43.2 Å². The van der Waals surface area contributed by atoms with Crippen LogP contribution in [0.2, 0.25) is 0 Å². The molecule has 0 unspecified atom stereocenters. The molecule has 9 nitrogen and oxygen atoms in total. The number of hydrogen-bond acceptors (Lipinski definition) is 7. The molecule has 184 valence electrons. The Labute approximate surface area is 199 Å². The highest BCUT2D eigenvalue weighted by molar-refractivity contribution is 7.89. The smallest absolute Gasteiger partial charge is 0.303 e. The molecule has 2 aromatic rings. The van der Waals surface area contributed by atoms with Crippen LogP contribution >= 0.6 is 0 Å². The van der Waals surface area contributed by atoms with Crippen molar-refractivity contribution in [2.75, 3.05) is 25.0 Å². The molecule has 10 heteroatoms. The van der Waals surface area contributed by atoms with Gasteiger partial charge in [-0.05, 0) is 67.6 Å². The van der Waals surface area contributed by atoms with Gasteiger partial charge < -0.3 is 25.5 Å². The van der Waals surface area contributed by atoms with Crippen LogP contribution in [0.4, 0.5) is 5.69 Å². The van der Waals surface area contributed by atoms with E-state index < -0.39 is 21.7 Å². The van der Waals surface area contributed by atoms with E-state index in [2.05, 4.69) is 10.2 Å². The highest BCUT2D eigenvalue weighted by atomic mass is 32.2. The zero-order chi connectivity index (χ0) is 24.3. The molecule has 0 aliphatic carbocycles. The molecule has 0 bridgehead atoms. The van der Waals surface area contributed by atoms with Gasteiger partial charge in [0.2, 0.25) is 10.0 Å². The van der Waals surface area contributed by atoms with Crippen LogP contribution < -0.4 is 5.32 Å². The minimum atomic E-state index is -3.90. The van der Waals surface area contributed by atoms with Crippen molar-refractivity contribution < 1.29 is 28.5 Å². The van der Waals surface area contributed by atoms with Gasteiger partial charge in [-0.15, -0.1) is 0 Å². The van der Waals surface area contributed by atoms with Gasteiger partial charge in [0.1, 0.15) is 16.4 Å². The summed E-state index contributed by atoms with van der Waals surface area (Å²) in [6, 6.07) is 9.75. The summed E-state index contributed by atoms with van der Waals surface area (Å²) in [4.78, 5) is 12.8. The fraction of sp³-hybridized carbons (Fsp3) is 0.458. The first-order valence-corrected chi connectivity index (χ1v) is 13.0. The van der Waals surface area contributed by atoms with E-state index >= 15 is 0 Å². The van der Waals surface area contributed by atoms with Gasteiger partial charge in [0, 0.05) is 50.4 Å². The van der Waals surface area contributed by atoms with Gasteiger partial charge in [0.15, 0.2) is 0 Å². The first-order valence-electron chi connectivity index (χ1n) is 11.6. The van der Waals surface area contributed by atoms with Gasteiger partial charge in [-0.1, -0.05) is 6.07 Å². The molecular formula is C24H31N3O6S. The molecule has 2 aliphatic rings. The van der Waals surface area contributed by atoms with E-state index in [0.29, 0.717) is 12.5 Å². The summed E-state index contributed by atoms with van der Waals surface area (Å²) in [7, 11) is -3.90. The number of unbranched alkanes of at least 4 members (excludes halogenated alkanes) is 1. The van der Waals surface area contributed by atoms with Crippen molar-refractivity contribution in [1.82, 2.24) is 9.21 Å². The fourth-order valence-corrected chi connectivity index (χ4v) is 6.09. The third-order valence-electron chi connectivity index (χ3n) is 6.53. The molecular weight excluding hydrogens is 458 g/mol. The molecule has 4 rings (SSSR count). The SMILES string of the molecule is O=C(O)CCCCN1CCC(Nc2ccc3c(c2)CN(S(=O)(=O)c2ccc(O)cc2O)C3)CC1. The van der Waals surface area contributed by atoms with E-state index in [1.807, 2.05) is 18.2 Å². The molecule has 4 N–H and O–H groups in total. The van der Waals surface area contributed by atoms with Crippen LogP contribution in [0.3, 0.4) is 0 Å². The number of benzene rings is 2. The number of phenolic OH excluding ortho intramolecular Hbond substituents is 2. The lowest BCUT2D eigenvalue weighted by Gasteiger charge is -2.33. The van der Waals surface area contributed by atoms with Crippen molar-refractivity contribution >= 4 is 21.7 Å². The van der Waals surface area contributed by atoms with Crippen LogP contribution in [0.25, 0.3) is 0 Å². The Bertz CT molecular complexity index is 1150. The van der Waals surface area contributed by atoms with Crippen molar-refractivity contribution in [2.45, 2.75) is 56.1 Å². The van der Waals surface area contributed by atoms with E-state index in [4.69, 9.17) is 5.11 Å². The number of carboxylic acid groups (broad SMARTS) is 1. The van der Waals surface area contributed by atoms with Crippen LogP contribution in [-0.2, 0) is 27.9 Å². The molecule has 1 fully saturated rings. The Hall–Kier alpha value is -2.82. The summed E-state index contributed by atoms with van der Waals surface area (Å²) in [6.07, 6.45) is 3.83. The Balaban J connectivity index is 1.31. The number of carbonyl (C=O) groups is 1. The zero-order valence-electron chi connectivity index (χ0n) is 19.0. The third-order valence-corrected chi connectivity index (χ3v) is 8.37. The number of phenols is 2. The van der Waals surface area contributed by atoms with Gasteiger partial charge in [-0.25, -0.2) is 8.42 Å². The number of nitrogens with one attached hydrogen (secondary N) is 1. The summed E-state index contributed by atoms with van der Waals surface area (Å²) in [5, 5.41) is 31.8. The topological polar surface area (TPSA) is 130 Å². The summed E-state index contributed by atoms with van der Waals surface area (Å²) in [6.45, 7) is 3.33. The average Bonchev–Trinajstić information content (AvgIpc) is 3.22. The molecule has 2 heterocycles. The second kappa shape index (κ2) is 10.2. The number of hydrogen-bond donors (Lipinski definition) is 4. The van der Waals surface area contributed by atoms with Crippen molar-refractivity contribution in [3.8, 4) is 11.5 Å². The largest absolute Gasteiger partial charge is 0.508 e. The minimum Gasteiger partial charge on any atom is -0.508 e. The van der Waals surface area contributed by atoms with E-state index in [1.54, 1.807) is 0 Å². The normalized spacial score (nSPS) is 17.5. The Morgan fingerprint density at radius 2 is 1.74 bits per heavy atom. The maximum Gasteiger partial charge on any atom is 0.303 e. The van der Waals surface area contributed by atoms with Crippen molar-refractivity contribution in [3.05, 3.63) is 47.5 Å². The minimum absolute atomic E-state index is 0.194. The second-order valence-corrected chi connectivity index (χ2v) is 10.9. The van der Waals surface area contributed by atoms with E-state index in [-0.39, 0.29) is 30.2 Å². The molecule has 1 saturated heterocycles. The molecule has 0 atom stereocenters. The predicted molar refractivity (Wildman–Crippen MR) is 127 cm³/mol. The average molecular weight is 490 g/mol. The summed E-state index contributed by atoms with van der Waals surface area (Å²) < 4.78 is 27.4. The number of anilines is 1. The number of aromatic hydroxyl groups is 2. The molecule has 0 aromatic heterocycles. The number of rotatable bonds is 9. The second-order valence-electron chi connectivity index (χ2n) is 9.02. The lowest BCUT2D eigenvalue weighted by molar-refractivity contribution is -0.137. The highest BCUT2D eigenvalue weighted by Gasteiger charge is 2.32. The van der Waals surface area contributed by atoms with E-state index in [1.165, 1.54) is 16.4 Å². The maximum atomic E-state index is 13.0. The Kier molecular flexibility index (Phi) is 7.30. The number of sulfonamides is 1. The van der Waals surface area contributed by atoms with Crippen molar-refractivity contribution in [3.63, 3.8) is 0 Å². The number of piperidine rings is 1. The first-order chi connectivity index (χ1) is 16.2. The lowest BCUT2D eigenvalue weighted by atomic mass is 10.0. The Morgan fingerprint density at radius 3 is 2.44 bits per heavy atom. The summed E-state index contributed by atoms with van der Waals surface area (Å²) in [5.41, 5.74) is 2.83. The van der Waals surface area contributed by atoms with E-state index in [0.717, 1.165) is 61.8 Å². The van der Waals surface area contributed by atoms with Crippen molar-refractivity contribution in [2.24, 2.45) is 0 Å². The van der Waals surface area contributed by atoms with Gasteiger partial charge in [-0.3, -0.25) is 4.79 Å². The lowest BCUT2D eigenvalue weighted by Crippen LogP contribution is -2.39. The zero-order valence-corrected chi connectivity index (χ0v) is 19.8. The number of fused-ring (bicyclic) bond motifs is 1. The van der Waals surface area contributed by atoms with Crippen LogP contribution in [0.15, 0.2) is 41.3 Å². The quantitative estimate of drug-likeness (QED) is 0.396. The number of nitrogens with zero attached hydrogens (tertiary/aromatic N) is 2. The predicted octanol–water partition coefficient (Wildman–Crippen LogP) is 2.93. The molecule has 0 amide bonds. The van der Waals surface area contributed by atoms with Gasteiger partial charge in [-0.2, -0.15) is 4.31 Å². The van der Waals surface area contributed by atoms with Crippen LogP contribution in [-0.4, -0.2) is 64.6 Å². The number of likely N-dealkylation sites (tertiary alicyclic amines) is 1. The number of aliphatic carboxylic acids is 1. The monoisotopic (exact) mass is 489 g/mol. The van der Waals surface area contributed by atoms with Gasteiger partial charge in [0.05, 0.1) is 0 Å². The van der Waals surface area contributed by atoms with E-state index in [9.17, 15) is 23.4 Å². The molecule has 2 aromatic carbocycles. The maximum absolute atomic E-state index is 13.0. The number of carboxylic acids is 1. The summed E-state index contributed by atoms with van der Waals surface area (Å²) in [5.74, 6) is -1.40. The standard InChI is InChI=1S/C24H31N3O6S/c28-21-6-7-23(22(29)14-21)34(32,33)27-15-17-4-5-20(13-18(17)16-27)25-19-8-11-26(12-9-19)10-2-1-3-24(30)31/h4-7,13-14,19,25,28-29H,1-3,8-12,15-16H2,(H,30,31). The highest BCUT2D eigenvalue weighted by Crippen LogP contribution is 2.35. The van der Waals surface area contributed by atoms with Crippen molar-refractivity contribution in [1.29, 1.82) is 0 Å². The fourth-order valence-electron chi connectivity index (χ4n) is 4.63. The molecule has 0 radical (unpaired) electrons. The third kappa shape index (κ3) is 5.63.